The predicted octanol–water partition coefficient (Wildman–Crippen LogP) is 1.91. The zero-order valence-corrected chi connectivity index (χ0v) is 10.4. The predicted molar refractivity (Wildman–Crippen MR) is 68.2 cm³/mol. The van der Waals surface area contributed by atoms with Gasteiger partial charge in [0.15, 0.2) is 0 Å². The molecule has 0 aromatic heterocycles. The van der Waals surface area contributed by atoms with E-state index in [2.05, 4.69) is 11.8 Å². The van der Waals surface area contributed by atoms with Crippen LogP contribution in [0.2, 0.25) is 0 Å². The lowest BCUT2D eigenvalue weighted by Gasteiger charge is -2.40. The molecule has 0 radical (unpaired) electrons. The molecule has 1 aromatic rings. The average molecular weight is 235 g/mol. The molecule has 1 fully saturated rings. The fraction of sp³-hybridized carbons (Fsp3) is 0.571. The number of rotatable bonds is 4. The van der Waals surface area contributed by atoms with E-state index in [0.717, 1.165) is 38.2 Å². The Hall–Kier alpha value is -1.06. The van der Waals surface area contributed by atoms with Crippen molar-refractivity contribution in [2.24, 2.45) is 0 Å². The van der Waals surface area contributed by atoms with E-state index in [1.807, 2.05) is 30.3 Å². The molecule has 1 aliphatic rings. The zero-order chi connectivity index (χ0) is 12.1. The number of likely N-dealkylation sites (tertiary alicyclic amines) is 1. The lowest BCUT2D eigenvalue weighted by atomic mass is 9.94. The van der Waals surface area contributed by atoms with Crippen LogP contribution in [0.5, 0.6) is 5.75 Å². The van der Waals surface area contributed by atoms with Crippen molar-refractivity contribution in [1.82, 2.24) is 4.90 Å². The number of β-amino-alcohol motifs (C(OH)–C–C–N with tert-alkyl or cyclic N) is 1. The van der Waals surface area contributed by atoms with Gasteiger partial charge in [-0.05, 0) is 38.4 Å². The van der Waals surface area contributed by atoms with Crippen molar-refractivity contribution in [3.63, 3.8) is 0 Å². The molecule has 94 valence electrons. The summed E-state index contributed by atoms with van der Waals surface area (Å²) in [7, 11) is 0. The van der Waals surface area contributed by atoms with E-state index in [9.17, 15) is 0 Å². The quantitative estimate of drug-likeness (QED) is 0.865. The van der Waals surface area contributed by atoms with E-state index < -0.39 is 0 Å². The molecule has 3 heteroatoms. The number of piperidine rings is 1. The highest BCUT2D eigenvalue weighted by Crippen LogP contribution is 2.26. The highest BCUT2D eigenvalue weighted by atomic mass is 16.5. The second kappa shape index (κ2) is 5.52. The molecule has 1 N–H and O–H groups in total. The summed E-state index contributed by atoms with van der Waals surface area (Å²) < 4.78 is 6.10. The maximum absolute atomic E-state index is 9.00. The van der Waals surface area contributed by atoms with Crippen molar-refractivity contribution in [2.45, 2.75) is 25.4 Å². The number of para-hydroxylation sites is 1. The first-order chi connectivity index (χ1) is 8.22. The molecule has 1 aliphatic heterocycles. The third-order valence-corrected chi connectivity index (χ3v) is 3.26. The van der Waals surface area contributed by atoms with Crippen molar-refractivity contribution in [2.75, 3.05) is 26.2 Å². The molecular formula is C14H21NO2. The number of nitrogens with zero attached hydrogens (tertiary/aromatic N) is 1. The van der Waals surface area contributed by atoms with E-state index in [0.29, 0.717) is 0 Å². The van der Waals surface area contributed by atoms with Crippen LogP contribution in [0.4, 0.5) is 0 Å². The molecule has 0 saturated carbocycles. The van der Waals surface area contributed by atoms with Gasteiger partial charge in [-0.25, -0.2) is 0 Å². The van der Waals surface area contributed by atoms with Crippen LogP contribution in [0.1, 0.15) is 19.8 Å². The van der Waals surface area contributed by atoms with Crippen LogP contribution < -0.4 is 4.74 Å². The maximum atomic E-state index is 9.00. The maximum Gasteiger partial charge on any atom is 0.120 e. The lowest BCUT2D eigenvalue weighted by molar-refractivity contribution is 0.00106. The second-order valence-corrected chi connectivity index (χ2v) is 4.97. The Balaban J connectivity index is 1.98. The molecule has 1 unspecified atom stereocenters. The Bertz CT molecular complexity index is 339. The van der Waals surface area contributed by atoms with E-state index in [1.54, 1.807) is 0 Å². The highest BCUT2D eigenvalue weighted by Gasteiger charge is 2.32. The molecule has 0 bridgehead atoms. The van der Waals surface area contributed by atoms with Gasteiger partial charge in [-0.1, -0.05) is 18.2 Å². The van der Waals surface area contributed by atoms with Crippen molar-refractivity contribution in [1.29, 1.82) is 0 Å². The smallest absolute Gasteiger partial charge is 0.120 e. The van der Waals surface area contributed by atoms with Crippen molar-refractivity contribution >= 4 is 0 Å². The largest absolute Gasteiger partial charge is 0.486 e. The van der Waals surface area contributed by atoms with Gasteiger partial charge in [-0.15, -0.1) is 0 Å². The summed E-state index contributed by atoms with van der Waals surface area (Å²) in [6.45, 7) is 5.08. The minimum Gasteiger partial charge on any atom is -0.486 e. The number of aliphatic hydroxyl groups excluding tert-OH is 1. The summed E-state index contributed by atoms with van der Waals surface area (Å²) in [6.07, 6.45) is 2.20. The molecule has 2 rings (SSSR count). The number of aliphatic hydroxyl groups is 1. The summed E-state index contributed by atoms with van der Waals surface area (Å²) in [5.41, 5.74) is -0.130. The number of benzene rings is 1. The lowest BCUT2D eigenvalue weighted by Crippen LogP contribution is -2.50. The molecule has 1 heterocycles. The van der Waals surface area contributed by atoms with Crippen LogP contribution in [0.3, 0.4) is 0 Å². The SMILES string of the molecule is CC1(Oc2ccccc2)CCCN(CCO)C1. The Kier molecular flexibility index (Phi) is 4.02. The molecule has 1 saturated heterocycles. The van der Waals surface area contributed by atoms with Crippen LogP contribution in [0, 0.1) is 0 Å². The molecule has 0 amide bonds. The van der Waals surface area contributed by atoms with E-state index in [1.165, 1.54) is 0 Å². The summed E-state index contributed by atoms with van der Waals surface area (Å²) in [5.74, 6) is 0.931. The first kappa shape index (κ1) is 12.4. The van der Waals surface area contributed by atoms with Crippen LogP contribution >= 0.6 is 0 Å². The molecule has 0 spiro atoms. The van der Waals surface area contributed by atoms with Crippen molar-refractivity contribution in [3.05, 3.63) is 30.3 Å². The number of ether oxygens (including phenoxy) is 1. The molecule has 1 atom stereocenters. The second-order valence-electron chi connectivity index (χ2n) is 4.97. The minimum atomic E-state index is -0.130. The Morgan fingerprint density at radius 1 is 1.35 bits per heavy atom. The van der Waals surface area contributed by atoms with Gasteiger partial charge in [-0.3, -0.25) is 4.90 Å². The minimum absolute atomic E-state index is 0.130. The third kappa shape index (κ3) is 3.45. The van der Waals surface area contributed by atoms with E-state index >= 15 is 0 Å². The Morgan fingerprint density at radius 3 is 2.82 bits per heavy atom. The number of hydrogen-bond acceptors (Lipinski definition) is 3. The zero-order valence-electron chi connectivity index (χ0n) is 10.4. The van der Waals surface area contributed by atoms with Crippen LogP contribution in [-0.4, -0.2) is 41.8 Å². The van der Waals surface area contributed by atoms with Gasteiger partial charge in [0.1, 0.15) is 11.4 Å². The molecule has 3 nitrogen and oxygen atoms in total. The van der Waals surface area contributed by atoms with Crippen LogP contribution in [-0.2, 0) is 0 Å². The topological polar surface area (TPSA) is 32.7 Å². The van der Waals surface area contributed by atoms with Crippen LogP contribution in [0.15, 0.2) is 30.3 Å². The van der Waals surface area contributed by atoms with Gasteiger partial charge in [0.25, 0.3) is 0 Å². The standard InChI is InChI=1S/C14H21NO2/c1-14(17-13-6-3-2-4-7-13)8-5-9-15(12-14)10-11-16/h2-4,6-7,16H,5,8-12H2,1H3. The van der Waals surface area contributed by atoms with E-state index in [-0.39, 0.29) is 12.2 Å². The average Bonchev–Trinajstić information content (AvgIpc) is 2.30. The number of hydrogen-bond donors (Lipinski definition) is 1. The first-order valence-electron chi connectivity index (χ1n) is 6.29. The van der Waals surface area contributed by atoms with Gasteiger partial charge in [-0.2, -0.15) is 0 Å². The fourth-order valence-electron chi connectivity index (χ4n) is 2.50. The summed E-state index contributed by atoms with van der Waals surface area (Å²) in [4.78, 5) is 2.27. The van der Waals surface area contributed by atoms with Crippen molar-refractivity contribution < 1.29 is 9.84 Å². The summed E-state index contributed by atoms with van der Waals surface area (Å²) in [5, 5.41) is 9.00. The third-order valence-electron chi connectivity index (χ3n) is 3.26. The van der Waals surface area contributed by atoms with Gasteiger partial charge in [0.05, 0.1) is 6.61 Å². The highest BCUT2D eigenvalue weighted by molar-refractivity contribution is 5.22. The van der Waals surface area contributed by atoms with Crippen LogP contribution in [0.25, 0.3) is 0 Å². The van der Waals surface area contributed by atoms with Gasteiger partial charge < -0.3 is 9.84 Å². The molecule has 0 aliphatic carbocycles. The normalized spacial score (nSPS) is 25.8. The van der Waals surface area contributed by atoms with E-state index in [4.69, 9.17) is 9.84 Å². The molecular weight excluding hydrogens is 214 g/mol. The van der Waals surface area contributed by atoms with Gasteiger partial charge in [0.2, 0.25) is 0 Å². The molecule has 1 aromatic carbocycles. The summed E-state index contributed by atoms with van der Waals surface area (Å²) in [6, 6.07) is 9.97. The van der Waals surface area contributed by atoms with Crippen molar-refractivity contribution in [3.8, 4) is 5.75 Å². The molecule has 17 heavy (non-hydrogen) atoms. The first-order valence-corrected chi connectivity index (χ1v) is 6.29. The van der Waals surface area contributed by atoms with Gasteiger partial charge >= 0.3 is 0 Å². The summed E-state index contributed by atoms with van der Waals surface area (Å²) >= 11 is 0. The fourth-order valence-corrected chi connectivity index (χ4v) is 2.50. The van der Waals surface area contributed by atoms with Gasteiger partial charge in [0, 0.05) is 13.1 Å². The monoisotopic (exact) mass is 235 g/mol. The Morgan fingerprint density at radius 2 is 2.12 bits per heavy atom. The Labute approximate surface area is 103 Å².